The Morgan fingerprint density at radius 2 is 1.16 bits per heavy atom. The third-order valence-electron chi connectivity index (χ3n) is 11.2. The summed E-state index contributed by atoms with van der Waals surface area (Å²) in [6.45, 7) is 8.88. The topological polar surface area (TPSA) is 162 Å². The Labute approximate surface area is 326 Å². The normalized spacial score (nSPS) is 18.1. The van der Waals surface area contributed by atoms with Gasteiger partial charge in [-0.1, -0.05) is 70.2 Å². The number of hydrogen-bond donors (Lipinski definition) is 4. The molecule has 4 amide bonds. The van der Waals surface area contributed by atoms with Crippen molar-refractivity contribution in [3.63, 3.8) is 0 Å². The largest absolute Gasteiger partial charge is 0.453 e. The first kappa shape index (κ1) is 38.4. The van der Waals surface area contributed by atoms with E-state index in [1.807, 2.05) is 43.6 Å². The molecule has 4 heterocycles. The molecule has 0 aliphatic carbocycles. The molecule has 294 valence electrons. The van der Waals surface area contributed by atoms with E-state index in [-0.39, 0.29) is 35.7 Å². The Bertz CT molecular complexity index is 2090. The average Bonchev–Trinajstić information content (AvgIpc) is 4.03. The minimum Gasteiger partial charge on any atom is -0.453 e. The summed E-state index contributed by atoms with van der Waals surface area (Å²) in [7, 11) is 2.60. The Kier molecular flexibility index (Phi) is 11.0. The van der Waals surface area contributed by atoms with E-state index in [9.17, 15) is 19.2 Å². The van der Waals surface area contributed by atoms with Gasteiger partial charge in [0.05, 0.1) is 37.3 Å². The van der Waals surface area contributed by atoms with Gasteiger partial charge in [-0.3, -0.25) is 9.59 Å². The van der Waals surface area contributed by atoms with Crippen LogP contribution in [-0.2, 0) is 19.1 Å². The summed E-state index contributed by atoms with van der Waals surface area (Å²) in [5, 5.41) is 6.50. The highest BCUT2D eigenvalue weighted by Crippen LogP contribution is 2.37. The van der Waals surface area contributed by atoms with Crippen molar-refractivity contribution in [1.82, 2.24) is 35.4 Å². The van der Waals surface area contributed by atoms with Crippen LogP contribution in [0.4, 0.5) is 9.59 Å². The van der Waals surface area contributed by atoms with Gasteiger partial charge in [0.2, 0.25) is 11.8 Å². The third-order valence-corrected chi connectivity index (χ3v) is 11.2. The Hall–Kier alpha value is -5.85. The fraction of sp³-hybridized carbons (Fsp3) is 0.419. The lowest BCUT2D eigenvalue weighted by atomic mass is 9.99. The van der Waals surface area contributed by atoms with Crippen molar-refractivity contribution in [2.24, 2.45) is 11.8 Å². The maximum Gasteiger partial charge on any atom is 0.407 e. The van der Waals surface area contributed by atoms with Gasteiger partial charge < -0.3 is 39.9 Å². The number of rotatable bonds is 10. The van der Waals surface area contributed by atoms with Crippen LogP contribution >= 0.6 is 0 Å². The van der Waals surface area contributed by atoms with E-state index in [4.69, 9.17) is 14.5 Å². The van der Waals surface area contributed by atoms with E-state index >= 15 is 0 Å². The standard InChI is InChI=1S/C43H51N7O6/c1-24(2)37(47-42(53)55-5)40(51)49-19-7-9-35(49)34-23-30-16-15-28(21-32(30)44-34)26-11-13-27(14-12-26)29-17-18-31-33(22-29)46-39(45-31)36-10-8-20-50(36)41(52)38(25(3)4)48-43(54)56-6/h11-18,21-25,35-38,44H,7-10,19-20H2,1-6H3,(H,45,46)(H,47,53)(H,48,54)/t35-,36+,37+,38+/m1/s1. The molecule has 13 nitrogen and oxygen atoms in total. The van der Waals surface area contributed by atoms with Crippen molar-refractivity contribution >= 4 is 45.9 Å². The van der Waals surface area contributed by atoms with Crippen LogP contribution in [0.1, 0.15) is 77.0 Å². The van der Waals surface area contributed by atoms with E-state index in [0.717, 1.165) is 81.4 Å². The highest BCUT2D eigenvalue weighted by atomic mass is 16.5. The molecular weight excluding hydrogens is 711 g/mol. The average molecular weight is 762 g/mol. The molecule has 2 saturated heterocycles. The first-order chi connectivity index (χ1) is 26.9. The highest BCUT2D eigenvalue weighted by Gasteiger charge is 2.38. The lowest BCUT2D eigenvalue weighted by molar-refractivity contribution is -0.136. The van der Waals surface area contributed by atoms with Gasteiger partial charge in [0.25, 0.3) is 0 Å². The van der Waals surface area contributed by atoms with Crippen LogP contribution in [0.25, 0.3) is 44.2 Å². The number of nitrogens with zero attached hydrogens (tertiary/aromatic N) is 3. The fourth-order valence-electron chi connectivity index (χ4n) is 8.16. The lowest BCUT2D eigenvalue weighted by Gasteiger charge is -2.30. The van der Waals surface area contributed by atoms with Crippen LogP contribution in [0.5, 0.6) is 0 Å². The molecule has 2 aliphatic heterocycles. The van der Waals surface area contributed by atoms with Crippen LogP contribution < -0.4 is 10.6 Å². The number of alkyl carbamates (subject to hydrolysis) is 2. The number of ether oxygens (including phenoxy) is 2. The molecule has 56 heavy (non-hydrogen) atoms. The molecule has 7 rings (SSSR count). The predicted molar refractivity (Wildman–Crippen MR) is 215 cm³/mol. The maximum absolute atomic E-state index is 13.6. The van der Waals surface area contributed by atoms with Gasteiger partial charge >= 0.3 is 12.2 Å². The zero-order chi connectivity index (χ0) is 39.7. The molecule has 3 aromatic carbocycles. The van der Waals surface area contributed by atoms with Crippen molar-refractivity contribution in [2.75, 3.05) is 27.3 Å². The van der Waals surface area contributed by atoms with E-state index in [2.05, 4.69) is 81.3 Å². The number of hydrogen-bond acceptors (Lipinski definition) is 7. The van der Waals surface area contributed by atoms with Crippen molar-refractivity contribution in [3.8, 4) is 22.3 Å². The van der Waals surface area contributed by atoms with Gasteiger partial charge in [0.15, 0.2) is 0 Å². The Balaban J connectivity index is 1.06. The van der Waals surface area contributed by atoms with Gasteiger partial charge in [-0.25, -0.2) is 14.6 Å². The first-order valence-electron chi connectivity index (χ1n) is 19.5. The summed E-state index contributed by atoms with van der Waals surface area (Å²) in [4.78, 5) is 66.9. The molecule has 0 radical (unpaired) electrons. The molecule has 0 saturated carbocycles. The molecule has 4 N–H and O–H groups in total. The van der Waals surface area contributed by atoms with Crippen LogP contribution in [0.15, 0.2) is 66.7 Å². The number of aromatic amines is 2. The third kappa shape index (κ3) is 7.67. The number of amides is 4. The van der Waals surface area contributed by atoms with Gasteiger partial charge in [-0.2, -0.15) is 0 Å². The van der Waals surface area contributed by atoms with Gasteiger partial charge in [-0.15, -0.1) is 0 Å². The molecule has 0 spiro atoms. The second-order valence-corrected chi connectivity index (χ2v) is 15.6. The lowest BCUT2D eigenvalue weighted by Crippen LogP contribution is -2.51. The molecule has 4 atom stereocenters. The van der Waals surface area contributed by atoms with E-state index in [1.165, 1.54) is 14.2 Å². The van der Waals surface area contributed by atoms with Crippen molar-refractivity contribution in [1.29, 1.82) is 0 Å². The fourth-order valence-corrected chi connectivity index (χ4v) is 8.16. The van der Waals surface area contributed by atoms with Crippen LogP contribution in [0, 0.1) is 11.8 Å². The van der Waals surface area contributed by atoms with E-state index < -0.39 is 24.3 Å². The first-order valence-corrected chi connectivity index (χ1v) is 19.5. The Morgan fingerprint density at radius 3 is 1.71 bits per heavy atom. The second kappa shape index (κ2) is 16.1. The molecule has 2 fully saturated rings. The van der Waals surface area contributed by atoms with Gasteiger partial charge in [0, 0.05) is 24.3 Å². The Morgan fingerprint density at radius 1 is 0.661 bits per heavy atom. The summed E-state index contributed by atoms with van der Waals surface area (Å²) >= 11 is 0. The minimum absolute atomic E-state index is 0.0878. The van der Waals surface area contributed by atoms with Crippen molar-refractivity contribution in [2.45, 2.75) is 77.5 Å². The van der Waals surface area contributed by atoms with Crippen molar-refractivity contribution in [3.05, 3.63) is 78.2 Å². The number of nitrogens with one attached hydrogen (secondary N) is 4. The number of methoxy groups -OCH3 is 2. The quantitative estimate of drug-likeness (QED) is 0.115. The molecule has 2 aromatic heterocycles. The predicted octanol–water partition coefficient (Wildman–Crippen LogP) is 7.47. The molecule has 0 unspecified atom stereocenters. The number of carbonyl (C=O) groups is 4. The zero-order valence-corrected chi connectivity index (χ0v) is 32.8. The summed E-state index contributed by atoms with van der Waals surface area (Å²) < 4.78 is 9.55. The summed E-state index contributed by atoms with van der Waals surface area (Å²) in [6, 6.07) is 21.5. The molecule has 13 heteroatoms. The SMILES string of the molecule is COC(=O)N[C@H](C(=O)N1CCC[C@@H]1c1cc2ccc(-c3ccc(-c4ccc5nc([C@@H]6CCCN6C(=O)[C@@H](NC(=O)OC)C(C)C)[nH]c5c4)cc3)cc2[nH]1)C(C)C. The highest BCUT2D eigenvalue weighted by molar-refractivity contribution is 5.89. The molecular formula is C43H51N7O6. The zero-order valence-electron chi connectivity index (χ0n) is 32.8. The molecule has 5 aromatic rings. The summed E-state index contributed by atoms with van der Waals surface area (Å²) in [6.07, 6.45) is 2.13. The van der Waals surface area contributed by atoms with Crippen LogP contribution in [0.3, 0.4) is 0 Å². The smallest absolute Gasteiger partial charge is 0.407 e. The van der Waals surface area contributed by atoms with Gasteiger partial charge in [-0.05, 0) is 89.4 Å². The summed E-state index contributed by atoms with van der Waals surface area (Å²) in [5.74, 6) is 0.312. The number of carbonyl (C=O) groups excluding carboxylic acids is 4. The van der Waals surface area contributed by atoms with E-state index in [0.29, 0.717) is 13.1 Å². The number of likely N-dealkylation sites (tertiary alicyclic amines) is 2. The molecule has 2 aliphatic rings. The monoisotopic (exact) mass is 761 g/mol. The van der Waals surface area contributed by atoms with Crippen LogP contribution in [0.2, 0.25) is 0 Å². The number of H-pyrrole nitrogens is 2. The molecule has 0 bridgehead atoms. The number of benzene rings is 3. The second-order valence-electron chi connectivity index (χ2n) is 15.6. The van der Waals surface area contributed by atoms with Gasteiger partial charge in [0.1, 0.15) is 17.9 Å². The minimum atomic E-state index is -0.689. The number of fused-ring (bicyclic) bond motifs is 2. The van der Waals surface area contributed by atoms with Crippen molar-refractivity contribution < 1.29 is 28.7 Å². The van der Waals surface area contributed by atoms with E-state index in [1.54, 1.807) is 0 Å². The van der Waals surface area contributed by atoms with Crippen LogP contribution in [-0.4, -0.2) is 88.1 Å². The number of aromatic nitrogens is 3. The summed E-state index contributed by atoms with van der Waals surface area (Å²) in [5.41, 5.74) is 7.96. The maximum atomic E-state index is 13.6. The number of imidazole rings is 1.